The van der Waals surface area contributed by atoms with E-state index in [4.69, 9.17) is 9.47 Å². The Labute approximate surface area is 140 Å². The van der Waals surface area contributed by atoms with Crippen molar-refractivity contribution >= 4 is 22.8 Å². The Hall–Kier alpha value is -1.33. The minimum Gasteiger partial charge on any atom is -0.493 e. The zero-order valence-electron chi connectivity index (χ0n) is 12.8. The second-order valence-electron chi connectivity index (χ2n) is 6.27. The molecule has 0 amide bonds. The van der Waals surface area contributed by atoms with Gasteiger partial charge in [-0.05, 0) is 37.7 Å². The molecule has 0 saturated heterocycles. The van der Waals surface area contributed by atoms with E-state index in [1.807, 2.05) is 6.07 Å². The van der Waals surface area contributed by atoms with Crippen molar-refractivity contribution in [2.24, 2.45) is 0 Å². The lowest BCUT2D eigenvalue weighted by Crippen LogP contribution is -2.41. The Morgan fingerprint density at radius 3 is 3.00 bits per heavy atom. The van der Waals surface area contributed by atoms with E-state index < -0.39 is 0 Å². The number of benzene rings is 1. The average Bonchev–Trinajstić information content (AvgIpc) is 2.72. The van der Waals surface area contributed by atoms with Crippen LogP contribution >= 0.6 is 17.0 Å². The van der Waals surface area contributed by atoms with Gasteiger partial charge in [0, 0.05) is 18.5 Å². The van der Waals surface area contributed by atoms with Gasteiger partial charge in [0.05, 0.1) is 12.5 Å². The zero-order chi connectivity index (χ0) is 14.6. The first kappa shape index (κ1) is 15.6. The molecule has 5 heteroatoms. The topological polar surface area (TPSA) is 38.8 Å². The van der Waals surface area contributed by atoms with Crippen LogP contribution in [0, 0.1) is 0 Å². The van der Waals surface area contributed by atoms with Crippen molar-refractivity contribution in [2.75, 3.05) is 20.7 Å². The number of ketones is 1. The van der Waals surface area contributed by atoms with Crippen LogP contribution in [-0.4, -0.2) is 37.5 Å². The van der Waals surface area contributed by atoms with Crippen LogP contribution in [0.5, 0.6) is 11.5 Å². The van der Waals surface area contributed by atoms with Crippen molar-refractivity contribution in [2.45, 2.75) is 30.9 Å². The van der Waals surface area contributed by atoms with E-state index in [-0.39, 0.29) is 34.3 Å². The summed E-state index contributed by atoms with van der Waals surface area (Å²) < 4.78 is 11.7. The quantitative estimate of drug-likeness (QED) is 0.766. The highest BCUT2D eigenvalue weighted by Gasteiger charge is 2.52. The van der Waals surface area contributed by atoms with E-state index in [9.17, 15) is 4.79 Å². The average molecular weight is 366 g/mol. The van der Waals surface area contributed by atoms with Crippen molar-refractivity contribution in [3.63, 3.8) is 0 Å². The molecule has 22 heavy (non-hydrogen) atoms. The van der Waals surface area contributed by atoms with Crippen LogP contribution in [0.3, 0.4) is 0 Å². The predicted octanol–water partition coefficient (Wildman–Crippen LogP) is 2.64. The standard InChI is InChI=1S/C17H19NO3.BrH/c1-18-8-7-17-6-5-12(19)9-14(17)21-16-13(20-2)4-3-11(10-18)15(16)17;/h3-6,14H,7-10H2,1-2H3;1H/t14-,17-;/m0./s1. The second kappa shape index (κ2) is 5.39. The monoisotopic (exact) mass is 365 g/mol. The minimum atomic E-state index is -0.169. The summed E-state index contributed by atoms with van der Waals surface area (Å²) >= 11 is 0. The van der Waals surface area contributed by atoms with E-state index in [1.54, 1.807) is 13.2 Å². The van der Waals surface area contributed by atoms with Gasteiger partial charge in [0.15, 0.2) is 17.3 Å². The molecule has 2 atom stereocenters. The third-order valence-corrected chi connectivity index (χ3v) is 5.03. The highest BCUT2D eigenvalue weighted by atomic mass is 79.9. The summed E-state index contributed by atoms with van der Waals surface area (Å²) in [7, 11) is 3.81. The SMILES string of the molecule is Br.COc1ccc2c3c1O[C@H]1CC(=O)C=C[C@@]31CCN(C)C2. The number of ether oxygens (including phenoxy) is 2. The number of methoxy groups -OCH3 is 1. The van der Waals surface area contributed by atoms with Crippen molar-refractivity contribution in [1.29, 1.82) is 0 Å². The number of allylic oxidation sites excluding steroid dienone is 1. The molecule has 0 unspecified atom stereocenters. The molecule has 1 aromatic carbocycles. The lowest BCUT2D eigenvalue weighted by molar-refractivity contribution is -0.117. The molecular formula is C17H20BrNO3. The van der Waals surface area contributed by atoms with Gasteiger partial charge in [-0.2, -0.15) is 0 Å². The molecule has 4 nitrogen and oxygen atoms in total. The second-order valence-corrected chi connectivity index (χ2v) is 6.27. The Balaban J connectivity index is 0.00000144. The van der Waals surface area contributed by atoms with Gasteiger partial charge in [-0.25, -0.2) is 0 Å². The molecule has 0 bridgehead atoms. The Morgan fingerprint density at radius 2 is 2.23 bits per heavy atom. The molecule has 0 radical (unpaired) electrons. The molecule has 0 aromatic heterocycles. The number of hydrogen-bond donors (Lipinski definition) is 0. The molecule has 3 aliphatic rings. The maximum absolute atomic E-state index is 11.8. The fourth-order valence-corrected chi connectivity index (χ4v) is 3.95. The van der Waals surface area contributed by atoms with Gasteiger partial charge < -0.3 is 14.4 Å². The van der Waals surface area contributed by atoms with Crippen LogP contribution < -0.4 is 9.47 Å². The third kappa shape index (κ3) is 2.02. The van der Waals surface area contributed by atoms with Gasteiger partial charge in [0.25, 0.3) is 0 Å². The molecule has 1 aliphatic carbocycles. The van der Waals surface area contributed by atoms with Gasteiger partial charge in [-0.3, -0.25) is 4.79 Å². The minimum absolute atomic E-state index is 0. The Bertz CT molecular complexity index is 658. The third-order valence-electron chi connectivity index (χ3n) is 5.03. The number of carbonyl (C=O) groups excluding carboxylic acids is 1. The number of rotatable bonds is 1. The first-order valence-electron chi connectivity index (χ1n) is 7.41. The first-order valence-corrected chi connectivity index (χ1v) is 7.41. The first-order chi connectivity index (χ1) is 10.1. The van der Waals surface area contributed by atoms with Gasteiger partial charge in [-0.1, -0.05) is 12.1 Å². The summed E-state index contributed by atoms with van der Waals surface area (Å²) in [5, 5.41) is 0. The summed E-state index contributed by atoms with van der Waals surface area (Å²) in [5.41, 5.74) is 2.35. The van der Waals surface area contributed by atoms with Gasteiger partial charge in [-0.15, -0.1) is 17.0 Å². The van der Waals surface area contributed by atoms with E-state index in [0.717, 1.165) is 31.0 Å². The fraction of sp³-hybridized carbons (Fsp3) is 0.471. The smallest absolute Gasteiger partial charge is 0.166 e. The fourth-order valence-electron chi connectivity index (χ4n) is 3.95. The summed E-state index contributed by atoms with van der Waals surface area (Å²) in [6.45, 7) is 1.90. The van der Waals surface area contributed by atoms with E-state index in [0.29, 0.717) is 6.42 Å². The number of halogens is 1. The molecule has 2 aliphatic heterocycles. The van der Waals surface area contributed by atoms with Crippen molar-refractivity contribution in [1.82, 2.24) is 4.90 Å². The maximum atomic E-state index is 11.8. The Kier molecular flexibility index (Phi) is 3.81. The van der Waals surface area contributed by atoms with Crippen molar-refractivity contribution in [3.05, 3.63) is 35.4 Å². The lowest BCUT2D eigenvalue weighted by Gasteiger charge is -2.33. The normalized spacial score (nSPS) is 29.0. The summed E-state index contributed by atoms with van der Waals surface area (Å²) in [5.74, 6) is 1.76. The molecule has 0 saturated carbocycles. The van der Waals surface area contributed by atoms with Gasteiger partial charge >= 0.3 is 0 Å². The van der Waals surface area contributed by atoms with E-state index >= 15 is 0 Å². The van der Waals surface area contributed by atoms with Crippen LogP contribution in [0.25, 0.3) is 0 Å². The van der Waals surface area contributed by atoms with Crippen LogP contribution in [0.15, 0.2) is 24.3 Å². The summed E-state index contributed by atoms with van der Waals surface area (Å²) in [4.78, 5) is 14.1. The largest absolute Gasteiger partial charge is 0.493 e. The molecular weight excluding hydrogens is 346 g/mol. The summed E-state index contributed by atoms with van der Waals surface area (Å²) in [6.07, 6.45) is 5.16. The maximum Gasteiger partial charge on any atom is 0.166 e. The molecule has 1 aromatic rings. The van der Waals surface area contributed by atoms with Crippen LogP contribution in [0.1, 0.15) is 24.0 Å². The number of nitrogens with zero attached hydrogens (tertiary/aromatic N) is 1. The van der Waals surface area contributed by atoms with E-state index in [2.05, 4.69) is 24.1 Å². The molecule has 2 heterocycles. The highest BCUT2D eigenvalue weighted by Crippen LogP contribution is 2.55. The lowest BCUT2D eigenvalue weighted by atomic mass is 9.69. The van der Waals surface area contributed by atoms with Crippen molar-refractivity contribution < 1.29 is 14.3 Å². The van der Waals surface area contributed by atoms with Gasteiger partial charge in [0.1, 0.15) is 6.10 Å². The Morgan fingerprint density at radius 1 is 1.41 bits per heavy atom. The summed E-state index contributed by atoms with van der Waals surface area (Å²) in [6, 6.07) is 4.11. The molecule has 4 rings (SSSR count). The zero-order valence-corrected chi connectivity index (χ0v) is 14.5. The van der Waals surface area contributed by atoms with Crippen LogP contribution in [0.2, 0.25) is 0 Å². The number of carbonyl (C=O) groups is 1. The molecule has 118 valence electrons. The van der Waals surface area contributed by atoms with Crippen LogP contribution in [0.4, 0.5) is 0 Å². The molecule has 1 spiro atoms. The predicted molar refractivity (Wildman–Crippen MR) is 89.1 cm³/mol. The molecule has 0 N–H and O–H groups in total. The van der Waals surface area contributed by atoms with Crippen molar-refractivity contribution in [3.8, 4) is 11.5 Å². The van der Waals surface area contributed by atoms with E-state index in [1.165, 1.54) is 11.1 Å². The highest BCUT2D eigenvalue weighted by molar-refractivity contribution is 8.93. The number of hydrogen-bond acceptors (Lipinski definition) is 4. The molecule has 0 fully saturated rings. The van der Waals surface area contributed by atoms with Gasteiger partial charge in [0.2, 0.25) is 0 Å². The van der Waals surface area contributed by atoms with Crippen LogP contribution in [-0.2, 0) is 16.8 Å².